The van der Waals surface area contributed by atoms with E-state index in [0.29, 0.717) is 12.2 Å². The third-order valence-electron chi connectivity index (χ3n) is 2.10. The van der Waals surface area contributed by atoms with Gasteiger partial charge < -0.3 is 5.32 Å². The van der Waals surface area contributed by atoms with Crippen LogP contribution in [0.5, 0.6) is 0 Å². The lowest BCUT2D eigenvalue weighted by Gasteiger charge is -2.08. The van der Waals surface area contributed by atoms with Gasteiger partial charge in [0, 0.05) is 12.6 Å². The number of benzene rings is 1. The lowest BCUT2D eigenvalue weighted by Crippen LogP contribution is -2.04. The Kier molecular flexibility index (Phi) is 6.13. The number of nitrogens with one attached hydrogen (secondary N) is 1. The first-order chi connectivity index (χ1) is 7.65. The summed E-state index contributed by atoms with van der Waals surface area (Å²) in [5.41, 5.74) is 0.345. The molecule has 0 spiro atoms. The molecule has 5 heteroatoms. The van der Waals surface area contributed by atoms with Crippen LogP contribution in [0.15, 0.2) is 16.6 Å². The Morgan fingerprint density at radius 3 is 2.69 bits per heavy atom. The van der Waals surface area contributed by atoms with Crippen molar-refractivity contribution in [1.29, 1.82) is 0 Å². The molecule has 90 valence electrons. The molecule has 0 atom stereocenters. The Labute approximate surface area is 107 Å². The van der Waals surface area contributed by atoms with Crippen LogP contribution in [0, 0.1) is 11.6 Å². The van der Waals surface area contributed by atoms with Crippen molar-refractivity contribution < 1.29 is 8.78 Å². The third-order valence-corrected chi connectivity index (χ3v) is 3.41. The molecule has 1 rings (SSSR count). The van der Waals surface area contributed by atoms with E-state index in [0.717, 1.165) is 24.7 Å². The van der Waals surface area contributed by atoms with Gasteiger partial charge in [-0.05, 0) is 46.8 Å². The Balaban J connectivity index is 2.45. The Bertz CT molecular complexity index is 347. The minimum absolute atomic E-state index is 0.278. The van der Waals surface area contributed by atoms with E-state index < -0.39 is 11.6 Å². The quantitative estimate of drug-likeness (QED) is 0.621. The lowest BCUT2D eigenvalue weighted by molar-refractivity contribution is 0.580. The molecule has 0 aliphatic carbocycles. The second-order valence-electron chi connectivity index (χ2n) is 3.37. The van der Waals surface area contributed by atoms with Gasteiger partial charge in [0.05, 0.1) is 10.2 Å². The molecule has 16 heavy (non-hydrogen) atoms. The molecule has 1 N–H and O–H groups in total. The molecule has 0 saturated carbocycles. The zero-order chi connectivity index (χ0) is 12.0. The molecule has 0 aliphatic heterocycles. The van der Waals surface area contributed by atoms with Gasteiger partial charge in [0.25, 0.3) is 0 Å². The molecular formula is C11H14BrF2NS. The maximum Gasteiger partial charge on any atom is 0.149 e. The molecule has 0 fully saturated rings. The third kappa shape index (κ3) is 4.29. The number of halogens is 3. The molecule has 0 saturated heterocycles. The number of hydrogen-bond acceptors (Lipinski definition) is 2. The van der Waals surface area contributed by atoms with Gasteiger partial charge in [-0.3, -0.25) is 0 Å². The van der Waals surface area contributed by atoms with Crippen LogP contribution in [-0.4, -0.2) is 18.6 Å². The van der Waals surface area contributed by atoms with Crippen LogP contribution in [-0.2, 0) is 0 Å². The number of hydrogen-bond donors (Lipinski definition) is 1. The minimum Gasteiger partial charge on any atom is -0.383 e. The highest BCUT2D eigenvalue weighted by Crippen LogP contribution is 2.23. The standard InChI is InChI=1S/C11H14BrF2NS/c1-16-5-3-2-4-15-11-6-8(12)9(13)7-10(11)14/h6-7,15H,2-5H2,1H3. The van der Waals surface area contributed by atoms with E-state index in [1.165, 1.54) is 6.07 Å². The number of thioether (sulfide) groups is 1. The van der Waals surface area contributed by atoms with Crippen molar-refractivity contribution >= 4 is 33.4 Å². The van der Waals surface area contributed by atoms with Gasteiger partial charge in [-0.15, -0.1) is 0 Å². The van der Waals surface area contributed by atoms with Crippen LogP contribution in [0.1, 0.15) is 12.8 Å². The number of anilines is 1. The molecule has 0 aromatic heterocycles. The first-order valence-corrected chi connectivity index (χ1v) is 7.21. The van der Waals surface area contributed by atoms with Crippen LogP contribution in [0.25, 0.3) is 0 Å². The Morgan fingerprint density at radius 1 is 1.25 bits per heavy atom. The summed E-state index contributed by atoms with van der Waals surface area (Å²) in [4.78, 5) is 0. The highest BCUT2D eigenvalue weighted by Gasteiger charge is 2.07. The zero-order valence-electron chi connectivity index (χ0n) is 9.03. The summed E-state index contributed by atoms with van der Waals surface area (Å²) in [5.74, 6) is -0.0203. The monoisotopic (exact) mass is 309 g/mol. The van der Waals surface area contributed by atoms with Gasteiger partial charge in [0.2, 0.25) is 0 Å². The van der Waals surface area contributed by atoms with Crippen molar-refractivity contribution in [3.8, 4) is 0 Å². The van der Waals surface area contributed by atoms with Gasteiger partial charge in [0.1, 0.15) is 11.6 Å². The predicted octanol–water partition coefficient (Wildman–Crippen LogP) is 4.28. The predicted molar refractivity (Wildman–Crippen MR) is 70.2 cm³/mol. The number of rotatable bonds is 6. The fourth-order valence-corrected chi connectivity index (χ4v) is 2.09. The van der Waals surface area contributed by atoms with Gasteiger partial charge in [0.15, 0.2) is 0 Å². The summed E-state index contributed by atoms with van der Waals surface area (Å²) in [6.45, 7) is 0.704. The minimum atomic E-state index is -0.578. The summed E-state index contributed by atoms with van der Waals surface area (Å²) in [6.07, 6.45) is 4.14. The molecule has 1 aromatic rings. The summed E-state index contributed by atoms with van der Waals surface area (Å²) < 4.78 is 26.5. The normalized spacial score (nSPS) is 10.5. The van der Waals surface area contributed by atoms with E-state index in [1.54, 1.807) is 11.8 Å². The van der Waals surface area contributed by atoms with Crippen molar-refractivity contribution in [2.45, 2.75) is 12.8 Å². The van der Waals surface area contributed by atoms with Crippen LogP contribution >= 0.6 is 27.7 Å². The Morgan fingerprint density at radius 2 is 2.00 bits per heavy atom. The average molecular weight is 310 g/mol. The van der Waals surface area contributed by atoms with Crippen LogP contribution in [0.2, 0.25) is 0 Å². The first-order valence-electron chi connectivity index (χ1n) is 5.02. The molecule has 0 heterocycles. The number of unbranched alkanes of at least 4 members (excludes halogenated alkanes) is 1. The maximum absolute atomic E-state index is 13.3. The van der Waals surface area contributed by atoms with Gasteiger partial charge >= 0.3 is 0 Å². The SMILES string of the molecule is CSCCCCNc1cc(Br)c(F)cc1F. The smallest absolute Gasteiger partial charge is 0.149 e. The largest absolute Gasteiger partial charge is 0.383 e. The topological polar surface area (TPSA) is 12.0 Å². The summed E-state index contributed by atoms with van der Waals surface area (Å²) in [5, 5.41) is 2.96. The second-order valence-corrected chi connectivity index (χ2v) is 5.21. The van der Waals surface area contributed by atoms with E-state index in [9.17, 15) is 8.78 Å². The van der Waals surface area contributed by atoms with Crippen molar-refractivity contribution in [3.05, 3.63) is 28.2 Å². The van der Waals surface area contributed by atoms with Gasteiger partial charge in [-0.25, -0.2) is 8.78 Å². The van der Waals surface area contributed by atoms with Crippen molar-refractivity contribution in [3.63, 3.8) is 0 Å². The van der Waals surface area contributed by atoms with Crippen molar-refractivity contribution in [1.82, 2.24) is 0 Å². The van der Waals surface area contributed by atoms with Crippen LogP contribution in [0.4, 0.5) is 14.5 Å². The fraction of sp³-hybridized carbons (Fsp3) is 0.455. The molecule has 1 nitrogen and oxygen atoms in total. The van der Waals surface area contributed by atoms with Crippen LogP contribution < -0.4 is 5.32 Å². The summed E-state index contributed by atoms with van der Waals surface area (Å²) in [6, 6.07) is 2.31. The molecule has 0 bridgehead atoms. The van der Waals surface area contributed by atoms with E-state index in [1.807, 2.05) is 0 Å². The second kappa shape index (κ2) is 7.12. The van der Waals surface area contributed by atoms with E-state index >= 15 is 0 Å². The van der Waals surface area contributed by atoms with Crippen molar-refractivity contribution in [2.24, 2.45) is 0 Å². The van der Waals surface area contributed by atoms with Crippen molar-refractivity contribution in [2.75, 3.05) is 23.9 Å². The molecule has 0 amide bonds. The molecule has 1 aromatic carbocycles. The van der Waals surface area contributed by atoms with E-state index in [2.05, 4.69) is 27.5 Å². The van der Waals surface area contributed by atoms with Crippen LogP contribution in [0.3, 0.4) is 0 Å². The van der Waals surface area contributed by atoms with Gasteiger partial charge in [-0.1, -0.05) is 0 Å². The first kappa shape index (κ1) is 13.8. The fourth-order valence-electron chi connectivity index (χ4n) is 1.25. The molecule has 0 radical (unpaired) electrons. The average Bonchev–Trinajstić information content (AvgIpc) is 2.25. The maximum atomic E-state index is 13.3. The highest BCUT2D eigenvalue weighted by atomic mass is 79.9. The molecular weight excluding hydrogens is 296 g/mol. The van der Waals surface area contributed by atoms with E-state index in [-0.39, 0.29) is 4.47 Å². The highest BCUT2D eigenvalue weighted by molar-refractivity contribution is 9.10. The summed E-state index contributed by atoms with van der Waals surface area (Å²) in [7, 11) is 0. The van der Waals surface area contributed by atoms with E-state index in [4.69, 9.17) is 0 Å². The Hall–Kier alpha value is -0.290. The molecule has 0 aliphatic rings. The van der Waals surface area contributed by atoms with Gasteiger partial charge in [-0.2, -0.15) is 11.8 Å². The molecule has 0 unspecified atom stereocenters. The lowest BCUT2D eigenvalue weighted by atomic mass is 10.2. The summed E-state index contributed by atoms with van der Waals surface area (Å²) >= 11 is 4.83. The zero-order valence-corrected chi connectivity index (χ0v) is 11.4.